The van der Waals surface area contributed by atoms with Gasteiger partial charge in [0.25, 0.3) is 5.91 Å². The molecule has 1 aliphatic rings. The zero-order valence-electron chi connectivity index (χ0n) is 20.1. The lowest BCUT2D eigenvalue weighted by atomic mass is 10.1. The summed E-state index contributed by atoms with van der Waals surface area (Å²) in [5.41, 5.74) is 3.74. The number of nitrogens with zero attached hydrogens (tertiary/aromatic N) is 4. The van der Waals surface area contributed by atoms with Crippen molar-refractivity contribution in [3.63, 3.8) is 0 Å². The number of hydrogen-bond donors (Lipinski definition) is 0. The molecule has 1 saturated heterocycles. The highest BCUT2D eigenvalue weighted by atomic mass is 16.5. The van der Waals surface area contributed by atoms with Gasteiger partial charge in [0.1, 0.15) is 17.2 Å². The van der Waals surface area contributed by atoms with Crippen LogP contribution in [-0.2, 0) is 4.79 Å². The normalized spacial score (nSPS) is 13.5. The summed E-state index contributed by atoms with van der Waals surface area (Å²) in [5.74, 6) is 2.97. The van der Waals surface area contributed by atoms with Gasteiger partial charge in [0.15, 0.2) is 12.4 Å². The average Bonchev–Trinajstić information content (AvgIpc) is 2.89. The molecule has 0 bridgehead atoms. The standard InChI is InChI=1S/C26H30N4O4/c1-18-6-5-7-23(19(18)2)34-17-26(31)30-14-12-29(13-15-30)25-11-9-22(27-28-25)21-16-20(32-3)8-10-24(21)33-4/h5-11,16H,12-15,17H2,1-4H3. The minimum Gasteiger partial charge on any atom is -0.497 e. The fraction of sp³-hybridized carbons (Fsp3) is 0.346. The predicted octanol–water partition coefficient (Wildman–Crippen LogP) is 3.51. The Morgan fingerprint density at radius 2 is 1.71 bits per heavy atom. The zero-order valence-corrected chi connectivity index (χ0v) is 20.1. The monoisotopic (exact) mass is 462 g/mol. The van der Waals surface area contributed by atoms with E-state index in [1.807, 2.05) is 67.3 Å². The van der Waals surface area contributed by atoms with Crippen LogP contribution < -0.4 is 19.1 Å². The van der Waals surface area contributed by atoms with Crippen LogP contribution in [-0.4, -0.2) is 68.0 Å². The second-order valence-corrected chi connectivity index (χ2v) is 8.20. The third-order valence-corrected chi connectivity index (χ3v) is 6.20. The number of carbonyl (C=O) groups excluding carboxylic acids is 1. The predicted molar refractivity (Wildman–Crippen MR) is 131 cm³/mol. The molecular formula is C26H30N4O4. The van der Waals surface area contributed by atoms with Gasteiger partial charge in [0.2, 0.25) is 0 Å². The van der Waals surface area contributed by atoms with Crippen LogP contribution in [0.2, 0.25) is 0 Å². The van der Waals surface area contributed by atoms with Crippen LogP contribution in [0.4, 0.5) is 5.82 Å². The first-order valence-corrected chi connectivity index (χ1v) is 11.3. The van der Waals surface area contributed by atoms with Crippen LogP contribution >= 0.6 is 0 Å². The fourth-order valence-electron chi connectivity index (χ4n) is 3.95. The molecule has 2 heterocycles. The summed E-state index contributed by atoms with van der Waals surface area (Å²) < 4.78 is 16.6. The Kier molecular flexibility index (Phi) is 7.15. The van der Waals surface area contributed by atoms with E-state index in [2.05, 4.69) is 15.1 Å². The zero-order chi connectivity index (χ0) is 24.1. The van der Waals surface area contributed by atoms with Crippen molar-refractivity contribution in [2.75, 3.05) is 51.9 Å². The molecule has 1 aromatic heterocycles. The van der Waals surface area contributed by atoms with Crippen LogP contribution in [0.25, 0.3) is 11.3 Å². The highest BCUT2D eigenvalue weighted by molar-refractivity contribution is 5.78. The van der Waals surface area contributed by atoms with Crippen molar-refractivity contribution < 1.29 is 19.0 Å². The Hall–Kier alpha value is -3.81. The molecule has 8 nitrogen and oxygen atoms in total. The summed E-state index contributed by atoms with van der Waals surface area (Å²) >= 11 is 0. The molecule has 2 aromatic carbocycles. The van der Waals surface area contributed by atoms with Crippen LogP contribution in [0.3, 0.4) is 0 Å². The molecule has 0 unspecified atom stereocenters. The molecule has 8 heteroatoms. The number of rotatable bonds is 7. The number of anilines is 1. The van der Waals surface area contributed by atoms with Crippen molar-refractivity contribution in [2.45, 2.75) is 13.8 Å². The number of aryl methyl sites for hydroxylation is 1. The Balaban J connectivity index is 1.34. The lowest BCUT2D eigenvalue weighted by Gasteiger charge is -2.35. The first-order chi connectivity index (χ1) is 16.5. The molecule has 34 heavy (non-hydrogen) atoms. The topological polar surface area (TPSA) is 77.0 Å². The summed E-state index contributed by atoms with van der Waals surface area (Å²) in [6.45, 7) is 6.68. The number of aromatic nitrogens is 2. The number of amides is 1. The maximum atomic E-state index is 12.7. The number of benzene rings is 2. The minimum absolute atomic E-state index is 0.00731. The smallest absolute Gasteiger partial charge is 0.260 e. The molecular weight excluding hydrogens is 432 g/mol. The van der Waals surface area contributed by atoms with Crippen molar-refractivity contribution >= 4 is 11.7 Å². The second-order valence-electron chi connectivity index (χ2n) is 8.20. The Morgan fingerprint density at radius 1 is 0.912 bits per heavy atom. The van der Waals surface area contributed by atoms with Gasteiger partial charge in [-0.25, -0.2) is 0 Å². The molecule has 0 saturated carbocycles. The molecule has 0 spiro atoms. The van der Waals surface area contributed by atoms with Gasteiger partial charge in [0, 0.05) is 31.7 Å². The molecule has 1 fully saturated rings. The van der Waals surface area contributed by atoms with E-state index < -0.39 is 0 Å². The molecule has 1 aliphatic heterocycles. The Bertz CT molecular complexity index is 1140. The first-order valence-electron chi connectivity index (χ1n) is 11.3. The second kappa shape index (κ2) is 10.4. The van der Waals surface area contributed by atoms with E-state index in [1.165, 1.54) is 0 Å². The van der Waals surface area contributed by atoms with Gasteiger partial charge < -0.3 is 24.0 Å². The number of ether oxygens (including phenoxy) is 3. The van der Waals surface area contributed by atoms with Crippen molar-refractivity contribution in [1.82, 2.24) is 15.1 Å². The highest BCUT2D eigenvalue weighted by Gasteiger charge is 2.23. The molecule has 4 rings (SSSR count). The van der Waals surface area contributed by atoms with Crippen molar-refractivity contribution in [1.29, 1.82) is 0 Å². The van der Waals surface area contributed by atoms with Crippen molar-refractivity contribution in [3.05, 3.63) is 59.7 Å². The number of carbonyl (C=O) groups is 1. The van der Waals surface area contributed by atoms with E-state index in [9.17, 15) is 4.79 Å². The van der Waals surface area contributed by atoms with Crippen LogP contribution in [0.15, 0.2) is 48.5 Å². The van der Waals surface area contributed by atoms with Crippen LogP contribution in [0.1, 0.15) is 11.1 Å². The van der Waals surface area contributed by atoms with Crippen LogP contribution in [0, 0.1) is 13.8 Å². The maximum absolute atomic E-state index is 12.7. The summed E-state index contributed by atoms with van der Waals surface area (Å²) in [5, 5.41) is 8.84. The van der Waals surface area contributed by atoms with Gasteiger partial charge in [-0.3, -0.25) is 4.79 Å². The molecule has 0 aliphatic carbocycles. The van der Waals surface area contributed by atoms with Crippen molar-refractivity contribution in [2.24, 2.45) is 0 Å². The number of hydrogen-bond acceptors (Lipinski definition) is 7. The molecule has 0 radical (unpaired) electrons. The van der Waals surface area contributed by atoms with Gasteiger partial charge >= 0.3 is 0 Å². The third kappa shape index (κ3) is 5.06. The third-order valence-electron chi connectivity index (χ3n) is 6.20. The van der Waals surface area contributed by atoms with Gasteiger partial charge in [0.05, 0.1) is 19.9 Å². The summed E-state index contributed by atoms with van der Waals surface area (Å²) in [6, 6.07) is 15.3. The number of methoxy groups -OCH3 is 2. The Labute approximate surface area is 200 Å². The molecule has 1 amide bonds. The van der Waals surface area contributed by atoms with Gasteiger partial charge in [-0.1, -0.05) is 12.1 Å². The van der Waals surface area contributed by atoms with Gasteiger partial charge in [-0.15, -0.1) is 10.2 Å². The fourth-order valence-corrected chi connectivity index (χ4v) is 3.95. The van der Waals surface area contributed by atoms with E-state index in [0.29, 0.717) is 37.6 Å². The largest absolute Gasteiger partial charge is 0.497 e. The molecule has 3 aromatic rings. The quantitative estimate of drug-likeness (QED) is 0.532. The SMILES string of the molecule is COc1ccc(OC)c(-c2ccc(N3CCN(C(=O)COc4cccc(C)c4C)CC3)nn2)c1. The van der Waals surface area contributed by atoms with E-state index in [4.69, 9.17) is 14.2 Å². The summed E-state index contributed by atoms with van der Waals surface area (Å²) in [4.78, 5) is 16.6. The Morgan fingerprint density at radius 3 is 2.38 bits per heavy atom. The highest BCUT2D eigenvalue weighted by Crippen LogP contribution is 2.32. The average molecular weight is 463 g/mol. The van der Waals surface area contributed by atoms with Gasteiger partial charge in [-0.2, -0.15) is 0 Å². The van der Waals surface area contributed by atoms with Gasteiger partial charge in [-0.05, 0) is 61.4 Å². The van der Waals surface area contributed by atoms with Crippen molar-refractivity contribution in [3.8, 4) is 28.5 Å². The lowest BCUT2D eigenvalue weighted by Crippen LogP contribution is -2.50. The van der Waals surface area contributed by atoms with Crippen LogP contribution in [0.5, 0.6) is 17.2 Å². The maximum Gasteiger partial charge on any atom is 0.260 e. The molecule has 0 atom stereocenters. The first kappa shape index (κ1) is 23.4. The minimum atomic E-state index is -0.00731. The van der Waals surface area contributed by atoms with E-state index in [-0.39, 0.29) is 12.5 Å². The van der Waals surface area contributed by atoms with E-state index in [0.717, 1.165) is 34.0 Å². The van der Waals surface area contributed by atoms with E-state index >= 15 is 0 Å². The molecule has 178 valence electrons. The lowest BCUT2D eigenvalue weighted by molar-refractivity contribution is -0.133. The number of piperazine rings is 1. The summed E-state index contributed by atoms with van der Waals surface area (Å²) in [6.07, 6.45) is 0. The molecule has 0 N–H and O–H groups in total. The summed E-state index contributed by atoms with van der Waals surface area (Å²) in [7, 11) is 3.25. The van der Waals surface area contributed by atoms with E-state index in [1.54, 1.807) is 14.2 Å².